The van der Waals surface area contributed by atoms with Gasteiger partial charge in [-0.3, -0.25) is 10.2 Å². The van der Waals surface area contributed by atoms with Crippen LogP contribution < -0.4 is 10.3 Å². The lowest BCUT2D eigenvalue weighted by Crippen LogP contribution is -2.40. The number of sulfonamides is 1. The van der Waals surface area contributed by atoms with Crippen molar-refractivity contribution in [3.05, 3.63) is 37.3 Å². The fraction of sp³-hybridized carbons (Fsp3) is 0.357. The van der Waals surface area contributed by atoms with E-state index in [1.807, 2.05) is 6.07 Å². The summed E-state index contributed by atoms with van der Waals surface area (Å²) in [4.78, 5) is 16.1. The molecular weight excluding hydrogens is 420 g/mol. The van der Waals surface area contributed by atoms with Crippen LogP contribution in [0.5, 0.6) is 0 Å². The van der Waals surface area contributed by atoms with E-state index in [1.54, 1.807) is 6.07 Å². The first-order valence-corrected chi connectivity index (χ1v) is 10.9. The standard InChI is InChI=1S/C14H15BrN2O3S3/c1-8-2-3-10-9(6-8)7-11(21-10)14(18)16-17-23(19,20)13-5-4-12(15)22-13/h4-5,7-8,17H,2-3,6H2,1H3,(H,16,18). The number of nitrogens with one attached hydrogen (secondary N) is 2. The van der Waals surface area contributed by atoms with Crippen molar-refractivity contribution in [3.8, 4) is 0 Å². The number of thiophene rings is 2. The van der Waals surface area contributed by atoms with Crippen molar-refractivity contribution in [2.45, 2.75) is 30.4 Å². The van der Waals surface area contributed by atoms with Gasteiger partial charge in [0.25, 0.3) is 15.9 Å². The summed E-state index contributed by atoms with van der Waals surface area (Å²) in [5.74, 6) is 0.208. The number of hydrazine groups is 1. The second-order valence-corrected chi connectivity index (χ2v) is 11.0. The van der Waals surface area contributed by atoms with Crippen LogP contribution in [-0.2, 0) is 22.9 Å². The number of rotatable bonds is 4. The van der Waals surface area contributed by atoms with E-state index in [4.69, 9.17) is 0 Å². The maximum Gasteiger partial charge on any atom is 0.276 e. The summed E-state index contributed by atoms with van der Waals surface area (Å²) in [5.41, 5.74) is 3.50. The van der Waals surface area contributed by atoms with Crippen LogP contribution in [0.25, 0.3) is 0 Å². The van der Waals surface area contributed by atoms with Crippen molar-refractivity contribution in [2.75, 3.05) is 0 Å². The van der Waals surface area contributed by atoms with Gasteiger partial charge in [-0.1, -0.05) is 6.92 Å². The number of halogens is 1. The van der Waals surface area contributed by atoms with Gasteiger partial charge in [-0.05, 0) is 64.9 Å². The summed E-state index contributed by atoms with van der Waals surface area (Å²) < 4.78 is 25.0. The van der Waals surface area contributed by atoms with Crippen LogP contribution in [0.1, 0.15) is 33.5 Å². The van der Waals surface area contributed by atoms with Gasteiger partial charge in [0.15, 0.2) is 0 Å². The molecule has 5 nitrogen and oxygen atoms in total. The molecule has 9 heteroatoms. The molecule has 2 N–H and O–H groups in total. The normalized spacial score (nSPS) is 17.7. The van der Waals surface area contributed by atoms with Crippen molar-refractivity contribution in [1.82, 2.24) is 10.3 Å². The fourth-order valence-corrected chi connectivity index (χ4v) is 6.44. The molecule has 0 aromatic carbocycles. The Kier molecular flexibility index (Phi) is 4.93. The lowest BCUT2D eigenvalue weighted by molar-refractivity contribution is 0.0949. The third-order valence-corrected chi connectivity index (χ3v) is 8.26. The molecule has 0 saturated heterocycles. The Hall–Kier alpha value is -0.740. The fourth-order valence-electron chi connectivity index (χ4n) is 2.49. The highest BCUT2D eigenvalue weighted by Gasteiger charge is 2.22. The van der Waals surface area contributed by atoms with E-state index in [1.165, 1.54) is 27.8 Å². The van der Waals surface area contributed by atoms with Crippen LogP contribution in [0, 0.1) is 5.92 Å². The molecule has 0 aliphatic heterocycles. The second kappa shape index (κ2) is 6.64. The first-order chi connectivity index (χ1) is 10.8. The molecule has 0 spiro atoms. The summed E-state index contributed by atoms with van der Waals surface area (Å²) in [6.07, 6.45) is 3.10. The minimum Gasteiger partial charge on any atom is -0.273 e. The van der Waals surface area contributed by atoms with Crippen LogP contribution in [0.2, 0.25) is 0 Å². The quantitative estimate of drug-likeness (QED) is 0.724. The van der Waals surface area contributed by atoms with Crippen molar-refractivity contribution >= 4 is 54.5 Å². The number of fused-ring (bicyclic) bond motifs is 1. The number of hydrogen-bond acceptors (Lipinski definition) is 5. The highest BCUT2D eigenvalue weighted by molar-refractivity contribution is 9.11. The lowest BCUT2D eigenvalue weighted by atomic mass is 9.90. The summed E-state index contributed by atoms with van der Waals surface area (Å²) in [7, 11) is -3.74. The Morgan fingerprint density at radius 3 is 2.83 bits per heavy atom. The molecule has 2 aromatic heterocycles. The number of amides is 1. The number of hydrogen-bond donors (Lipinski definition) is 2. The number of carbonyl (C=O) groups excluding carboxylic acids is 1. The van der Waals surface area contributed by atoms with Crippen LogP contribution >= 0.6 is 38.6 Å². The molecular formula is C14H15BrN2O3S3. The zero-order chi connectivity index (χ0) is 16.6. The molecule has 0 saturated carbocycles. The molecule has 124 valence electrons. The van der Waals surface area contributed by atoms with Crippen LogP contribution in [-0.4, -0.2) is 14.3 Å². The largest absolute Gasteiger partial charge is 0.276 e. The SMILES string of the molecule is CC1CCc2sc(C(=O)NNS(=O)(=O)c3ccc(Br)s3)cc2C1. The van der Waals surface area contributed by atoms with Gasteiger partial charge in [-0.15, -0.1) is 27.5 Å². The molecule has 1 atom stereocenters. The molecule has 1 aliphatic carbocycles. The summed E-state index contributed by atoms with van der Waals surface area (Å²) in [6, 6.07) is 5.00. The Morgan fingerprint density at radius 1 is 1.35 bits per heavy atom. The van der Waals surface area contributed by atoms with Crippen molar-refractivity contribution in [3.63, 3.8) is 0 Å². The highest BCUT2D eigenvalue weighted by Crippen LogP contribution is 2.32. The Labute approximate surface area is 151 Å². The minimum absolute atomic E-state index is 0.143. The molecule has 0 bridgehead atoms. The molecule has 1 unspecified atom stereocenters. The third-order valence-electron chi connectivity index (χ3n) is 3.67. The van der Waals surface area contributed by atoms with Crippen molar-refractivity contribution in [2.24, 2.45) is 5.92 Å². The van der Waals surface area contributed by atoms with Crippen molar-refractivity contribution in [1.29, 1.82) is 0 Å². The van der Waals surface area contributed by atoms with Crippen LogP contribution in [0.15, 0.2) is 26.2 Å². The zero-order valence-electron chi connectivity index (χ0n) is 12.3. The maximum atomic E-state index is 12.2. The highest BCUT2D eigenvalue weighted by atomic mass is 79.9. The summed E-state index contributed by atoms with van der Waals surface area (Å²) in [5, 5.41) is 0. The first kappa shape index (κ1) is 17.1. The van der Waals surface area contributed by atoms with Gasteiger partial charge in [-0.25, -0.2) is 8.42 Å². The van der Waals surface area contributed by atoms with Gasteiger partial charge in [0, 0.05) is 4.88 Å². The zero-order valence-corrected chi connectivity index (χ0v) is 16.3. The van der Waals surface area contributed by atoms with E-state index in [2.05, 4.69) is 33.1 Å². The molecule has 0 fully saturated rings. The average molecular weight is 435 g/mol. The van der Waals surface area contributed by atoms with E-state index in [0.29, 0.717) is 14.6 Å². The van der Waals surface area contributed by atoms with E-state index >= 15 is 0 Å². The smallest absolute Gasteiger partial charge is 0.273 e. The Bertz CT molecular complexity index is 841. The van der Waals surface area contributed by atoms with Gasteiger partial charge in [0.05, 0.1) is 8.66 Å². The van der Waals surface area contributed by atoms with E-state index in [9.17, 15) is 13.2 Å². The summed E-state index contributed by atoms with van der Waals surface area (Å²) >= 11 is 5.75. The van der Waals surface area contributed by atoms with Crippen LogP contribution in [0.3, 0.4) is 0 Å². The lowest BCUT2D eigenvalue weighted by Gasteiger charge is -2.16. The van der Waals surface area contributed by atoms with E-state index in [0.717, 1.165) is 30.6 Å². The Balaban J connectivity index is 1.68. The maximum absolute atomic E-state index is 12.2. The first-order valence-electron chi connectivity index (χ1n) is 7.04. The second-order valence-electron chi connectivity index (χ2n) is 5.53. The monoisotopic (exact) mass is 434 g/mol. The van der Waals surface area contributed by atoms with E-state index in [-0.39, 0.29) is 4.21 Å². The Morgan fingerprint density at radius 2 is 2.13 bits per heavy atom. The summed E-state index contributed by atoms with van der Waals surface area (Å²) in [6.45, 7) is 2.20. The molecule has 23 heavy (non-hydrogen) atoms. The number of carbonyl (C=O) groups is 1. The predicted molar refractivity (Wildman–Crippen MR) is 95.3 cm³/mol. The predicted octanol–water partition coefficient (Wildman–Crippen LogP) is 3.32. The molecule has 3 rings (SSSR count). The molecule has 1 amide bonds. The minimum atomic E-state index is -3.74. The van der Waals surface area contributed by atoms with Gasteiger partial charge < -0.3 is 0 Å². The van der Waals surface area contributed by atoms with Crippen molar-refractivity contribution < 1.29 is 13.2 Å². The molecule has 0 radical (unpaired) electrons. The van der Waals surface area contributed by atoms with Crippen LogP contribution in [0.4, 0.5) is 0 Å². The number of aryl methyl sites for hydroxylation is 1. The van der Waals surface area contributed by atoms with Gasteiger partial charge in [0.2, 0.25) is 0 Å². The molecule has 2 heterocycles. The average Bonchev–Trinajstić information content (AvgIpc) is 3.11. The topological polar surface area (TPSA) is 75.3 Å². The van der Waals surface area contributed by atoms with Gasteiger partial charge >= 0.3 is 0 Å². The van der Waals surface area contributed by atoms with Gasteiger partial charge in [-0.2, -0.15) is 0 Å². The van der Waals surface area contributed by atoms with Gasteiger partial charge in [0.1, 0.15) is 4.21 Å². The molecule has 1 aliphatic rings. The molecule has 2 aromatic rings. The third kappa shape index (κ3) is 3.85. The van der Waals surface area contributed by atoms with E-state index < -0.39 is 15.9 Å².